The normalized spacial score (nSPS) is 18.5. The van der Waals surface area contributed by atoms with Crippen molar-refractivity contribution >= 4 is 35.4 Å². The molecule has 4 aliphatic rings. The molecular formula is C50H53N7O6. The molecule has 4 aromatic carbocycles. The maximum absolute atomic E-state index is 14.0. The molecule has 3 N–H and O–H groups in total. The lowest BCUT2D eigenvalue weighted by Crippen LogP contribution is -2.53. The van der Waals surface area contributed by atoms with Gasteiger partial charge >= 0.3 is 12.2 Å². The van der Waals surface area contributed by atoms with Gasteiger partial charge in [-0.2, -0.15) is 0 Å². The number of aromatic nitrogens is 2. The number of ether oxygens (including phenoxy) is 2. The van der Waals surface area contributed by atoms with Gasteiger partial charge in [0.1, 0.15) is 17.9 Å². The third-order valence-corrected chi connectivity index (χ3v) is 13.1. The molecular weight excluding hydrogens is 795 g/mol. The van der Waals surface area contributed by atoms with Crippen molar-refractivity contribution in [2.75, 3.05) is 27.3 Å². The van der Waals surface area contributed by atoms with E-state index in [2.05, 4.69) is 70.2 Å². The molecule has 63 heavy (non-hydrogen) atoms. The van der Waals surface area contributed by atoms with Crippen molar-refractivity contribution in [3.05, 3.63) is 119 Å². The van der Waals surface area contributed by atoms with Gasteiger partial charge in [0.05, 0.1) is 43.9 Å². The Morgan fingerprint density at radius 1 is 0.714 bits per heavy atom. The fourth-order valence-electron chi connectivity index (χ4n) is 9.84. The molecule has 5 aromatic rings. The Bertz CT molecular complexity index is 2600. The van der Waals surface area contributed by atoms with E-state index in [1.165, 1.54) is 36.5 Å². The van der Waals surface area contributed by atoms with E-state index in [-0.39, 0.29) is 29.8 Å². The summed E-state index contributed by atoms with van der Waals surface area (Å²) in [5.74, 6) is 0.352. The third-order valence-electron chi connectivity index (χ3n) is 13.1. The molecule has 4 heterocycles. The summed E-state index contributed by atoms with van der Waals surface area (Å²) >= 11 is 0. The largest absolute Gasteiger partial charge is 0.453 e. The van der Waals surface area contributed by atoms with Crippen LogP contribution in [0.5, 0.6) is 0 Å². The molecule has 0 bridgehead atoms. The topological polar surface area (TPSA) is 158 Å². The molecule has 9 rings (SSSR count). The second-order valence-corrected chi connectivity index (χ2v) is 17.3. The molecule has 0 unspecified atom stereocenters. The number of aryl methyl sites for hydroxylation is 2. The zero-order valence-electron chi connectivity index (χ0n) is 36.1. The first kappa shape index (κ1) is 41.6. The number of nitrogens with one attached hydrogen (secondary N) is 3. The van der Waals surface area contributed by atoms with E-state index in [1.54, 1.807) is 0 Å². The summed E-state index contributed by atoms with van der Waals surface area (Å²) < 4.78 is 9.66. The average Bonchev–Trinajstić information content (AvgIpc) is 4.16. The number of imidazole rings is 1. The first-order valence-corrected chi connectivity index (χ1v) is 22.0. The summed E-state index contributed by atoms with van der Waals surface area (Å²) in [5, 5.41) is 5.48. The number of nitrogens with zero attached hydrogens (tertiary/aromatic N) is 4. The number of carbonyl (C=O) groups excluding carboxylic acids is 4. The standard InChI is InChI=1S/C50H53N7O6/c1-29(2)44(54-49(60)62-3)47(58)56-22-8-12-42(56)40-27-36-25-32(18-21-39(36)52-40)31-16-19-37-33(24-31)14-15-34-26-35(17-20-38(34)37)41-28-51-46(53-41)43-13-9-23-57(43)48(59)45(55-50(61)63-4)30-10-6-5-7-11-30/h5-7,10-11,16-21,24-26,28-29,42-45H,8-9,12-15,22-23,27H2,1-4H3,(H,51,53)(H,54,60)(H,55,61)/t42-,43-,44-,45+/m0/s1. The molecule has 2 saturated heterocycles. The minimum Gasteiger partial charge on any atom is -0.453 e. The number of hydrogen-bond acceptors (Lipinski definition) is 8. The van der Waals surface area contributed by atoms with Crippen LogP contribution in [0.15, 0.2) is 96.1 Å². The maximum Gasteiger partial charge on any atom is 0.407 e. The molecule has 3 aliphatic heterocycles. The minimum absolute atomic E-state index is 0.0865. The van der Waals surface area contributed by atoms with E-state index in [9.17, 15) is 19.2 Å². The van der Waals surface area contributed by atoms with Crippen LogP contribution in [0.2, 0.25) is 0 Å². The van der Waals surface area contributed by atoms with Gasteiger partial charge in [0.15, 0.2) is 0 Å². The molecule has 1 aromatic heterocycles. The first-order chi connectivity index (χ1) is 30.6. The average molecular weight is 848 g/mol. The summed E-state index contributed by atoms with van der Waals surface area (Å²) in [4.78, 5) is 69.1. The fraction of sp³-hybridized carbons (Fsp3) is 0.360. The van der Waals surface area contributed by atoms with Gasteiger partial charge in [0.25, 0.3) is 5.91 Å². The lowest BCUT2D eigenvalue weighted by molar-refractivity contribution is -0.135. The predicted molar refractivity (Wildman–Crippen MR) is 240 cm³/mol. The highest BCUT2D eigenvalue weighted by molar-refractivity contribution is 6.01. The number of methoxy groups -OCH3 is 2. The lowest BCUT2D eigenvalue weighted by atomic mass is 9.83. The number of hydrogen-bond donors (Lipinski definition) is 3. The molecule has 324 valence electrons. The van der Waals surface area contributed by atoms with Gasteiger partial charge in [-0.3, -0.25) is 14.6 Å². The van der Waals surface area contributed by atoms with E-state index in [0.29, 0.717) is 25.1 Å². The summed E-state index contributed by atoms with van der Waals surface area (Å²) in [5.41, 5.74) is 13.1. The lowest BCUT2D eigenvalue weighted by Gasteiger charge is -2.30. The molecule has 4 atom stereocenters. The van der Waals surface area contributed by atoms with Crippen molar-refractivity contribution in [1.29, 1.82) is 0 Å². The summed E-state index contributed by atoms with van der Waals surface area (Å²) in [6, 6.07) is 27.2. The number of amides is 4. The Balaban J connectivity index is 0.883. The van der Waals surface area contributed by atoms with E-state index < -0.39 is 24.3 Å². The van der Waals surface area contributed by atoms with Crippen LogP contribution in [-0.4, -0.2) is 88.9 Å². The molecule has 1 aliphatic carbocycles. The predicted octanol–water partition coefficient (Wildman–Crippen LogP) is 8.27. The van der Waals surface area contributed by atoms with Crippen LogP contribution < -0.4 is 10.6 Å². The van der Waals surface area contributed by atoms with Crippen molar-refractivity contribution in [3.63, 3.8) is 0 Å². The number of rotatable bonds is 10. The Labute approximate surface area is 367 Å². The SMILES string of the molecule is COC(=O)N[C@H](C(=O)N1CCC[C@H]1C1=Nc2ccc(-c3ccc4c(c3)CCc3cc(-c5cnc([C@@H]6CCCN6C(=O)[C@H](NC(=O)OC)c6ccccc6)[nH]5)ccc3-4)cc2C1)C(C)C. The highest BCUT2D eigenvalue weighted by Gasteiger charge is 2.40. The monoisotopic (exact) mass is 847 g/mol. The van der Waals surface area contributed by atoms with Gasteiger partial charge in [-0.25, -0.2) is 14.6 Å². The van der Waals surface area contributed by atoms with E-state index >= 15 is 0 Å². The van der Waals surface area contributed by atoms with Gasteiger partial charge in [0.2, 0.25) is 5.91 Å². The number of H-pyrrole nitrogens is 1. The van der Waals surface area contributed by atoms with Crippen LogP contribution in [0.1, 0.15) is 79.7 Å². The number of aliphatic imine (C=N–C) groups is 1. The quantitative estimate of drug-likeness (QED) is 0.128. The van der Waals surface area contributed by atoms with E-state index in [4.69, 9.17) is 19.5 Å². The highest BCUT2D eigenvalue weighted by atomic mass is 16.5. The van der Waals surface area contributed by atoms with Gasteiger partial charge in [-0.15, -0.1) is 0 Å². The fourth-order valence-corrected chi connectivity index (χ4v) is 9.84. The molecule has 13 nitrogen and oxygen atoms in total. The van der Waals surface area contributed by atoms with Crippen LogP contribution in [0.25, 0.3) is 33.5 Å². The Morgan fingerprint density at radius 3 is 2.00 bits per heavy atom. The number of carbonyl (C=O) groups is 4. The van der Waals surface area contributed by atoms with E-state index in [0.717, 1.165) is 83.7 Å². The minimum atomic E-state index is -0.874. The first-order valence-electron chi connectivity index (χ1n) is 22.0. The maximum atomic E-state index is 14.0. The Hall–Kier alpha value is -6.76. The van der Waals surface area contributed by atoms with Gasteiger partial charge in [-0.1, -0.05) is 80.6 Å². The smallest absolute Gasteiger partial charge is 0.407 e. The van der Waals surface area contributed by atoms with Crippen molar-refractivity contribution in [2.24, 2.45) is 10.9 Å². The van der Waals surface area contributed by atoms with Crippen LogP contribution in [0.4, 0.5) is 15.3 Å². The molecule has 13 heteroatoms. The van der Waals surface area contributed by atoms with Crippen molar-refractivity contribution < 1.29 is 28.7 Å². The summed E-state index contributed by atoms with van der Waals surface area (Å²) in [6.07, 6.45) is 6.43. The Morgan fingerprint density at radius 2 is 1.32 bits per heavy atom. The number of likely N-dealkylation sites (tertiary alicyclic amines) is 2. The van der Waals surface area contributed by atoms with Gasteiger partial charge in [0, 0.05) is 25.2 Å². The van der Waals surface area contributed by atoms with Crippen LogP contribution in [-0.2, 0) is 38.3 Å². The molecule has 0 radical (unpaired) electrons. The molecule has 4 amide bonds. The zero-order chi connectivity index (χ0) is 43.8. The van der Waals surface area contributed by atoms with Gasteiger partial charge in [-0.05, 0) is 113 Å². The summed E-state index contributed by atoms with van der Waals surface area (Å²) in [6.45, 7) is 5.06. The van der Waals surface area contributed by atoms with Crippen LogP contribution >= 0.6 is 0 Å². The third kappa shape index (κ3) is 8.19. The molecule has 0 saturated carbocycles. The van der Waals surface area contributed by atoms with Crippen LogP contribution in [0, 0.1) is 5.92 Å². The Kier molecular flexibility index (Phi) is 11.6. The van der Waals surface area contributed by atoms with Gasteiger partial charge < -0.3 is 34.9 Å². The highest BCUT2D eigenvalue weighted by Crippen LogP contribution is 2.41. The second-order valence-electron chi connectivity index (χ2n) is 17.3. The number of alkyl carbamates (subject to hydrolysis) is 2. The van der Waals surface area contributed by atoms with E-state index in [1.807, 2.05) is 60.2 Å². The van der Waals surface area contributed by atoms with Crippen molar-refractivity contribution in [1.82, 2.24) is 30.4 Å². The number of aromatic amines is 1. The molecule has 0 spiro atoms. The van der Waals surface area contributed by atoms with Crippen molar-refractivity contribution in [3.8, 4) is 33.5 Å². The van der Waals surface area contributed by atoms with Crippen LogP contribution in [0.3, 0.4) is 0 Å². The molecule has 2 fully saturated rings. The number of benzene rings is 4. The zero-order valence-corrected chi connectivity index (χ0v) is 36.1. The second kappa shape index (κ2) is 17.5. The number of fused-ring (bicyclic) bond motifs is 4. The van der Waals surface area contributed by atoms with Crippen molar-refractivity contribution in [2.45, 2.75) is 83.0 Å². The summed E-state index contributed by atoms with van der Waals surface area (Å²) in [7, 11) is 2.60.